The van der Waals surface area contributed by atoms with Crippen LogP contribution in [0.3, 0.4) is 0 Å². The Morgan fingerprint density at radius 2 is 1.38 bits per heavy atom. The first-order valence-corrected chi connectivity index (χ1v) is 34.0. The molecule has 8 aromatic rings. The third kappa shape index (κ3) is 18.1. The normalized spacial score (nSPS) is 14.5. The Morgan fingerprint density at radius 3 is 2.00 bits per heavy atom. The highest BCUT2D eigenvalue weighted by molar-refractivity contribution is 7.89. The number of aromatic nitrogens is 3. The van der Waals surface area contributed by atoms with E-state index >= 15 is 0 Å². The number of ether oxygens (including phenoxy) is 1. The molecule has 5 heterocycles. The van der Waals surface area contributed by atoms with Crippen LogP contribution in [0.15, 0.2) is 131 Å². The molecule has 0 saturated carbocycles. The van der Waals surface area contributed by atoms with Crippen LogP contribution in [0.2, 0.25) is 5.02 Å². The van der Waals surface area contributed by atoms with E-state index < -0.39 is 32.1 Å². The molecule has 3 atom stereocenters. The van der Waals surface area contributed by atoms with Crippen molar-refractivity contribution in [1.82, 2.24) is 39.3 Å². The molecule has 89 heavy (non-hydrogen) atoms. The van der Waals surface area contributed by atoms with Gasteiger partial charge >= 0.3 is 0 Å². The van der Waals surface area contributed by atoms with E-state index in [9.17, 15) is 36.0 Å². The average molecular weight is 1310 g/mol. The van der Waals surface area contributed by atoms with Crippen LogP contribution in [0.25, 0.3) is 26.4 Å². The highest BCUT2D eigenvalue weighted by atomic mass is 35.5. The maximum absolute atomic E-state index is 13.1. The highest BCUT2D eigenvalue weighted by Gasteiger charge is 2.32. The third-order valence-electron chi connectivity index (χ3n) is 15.2. The first-order valence-electron chi connectivity index (χ1n) is 29.1. The van der Waals surface area contributed by atoms with Gasteiger partial charge in [0.05, 0.1) is 37.8 Å². The van der Waals surface area contributed by atoms with E-state index in [1.165, 1.54) is 48.2 Å². The van der Waals surface area contributed by atoms with Crippen LogP contribution in [0.4, 0.5) is 5.69 Å². The Balaban J connectivity index is 0.000000212. The van der Waals surface area contributed by atoms with Gasteiger partial charge in [0.25, 0.3) is 5.91 Å². The second-order valence-electron chi connectivity index (χ2n) is 22.3. The minimum Gasteiger partial charge on any atom is -0.497 e. The van der Waals surface area contributed by atoms with Crippen molar-refractivity contribution < 1.29 is 40.8 Å². The summed E-state index contributed by atoms with van der Waals surface area (Å²) in [5.41, 5.74) is 7.11. The van der Waals surface area contributed by atoms with Gasteiger partial charge < -0.3 is 25.2 Å². The van der Waals surface area contributed by atoms with Crippen molar-refractivity contribution in [3.05, 3.63) is 159 Å². The van der Waals surface area contributed by atoms with Gasteiger partial charge in [-0.2, -0.15) is 9.44 Å². The van der Waals surface area contributed by atoms with E-state index in [0.717, 1.165) is 95.9 Å². The number of fused-ring (bicyclic) bond motifs is 3. The van der Waals surface area contributed by atoms with Crippen molar-refractivity contribution >= 4 is 98.8 Å². The Kier molecular flexibility index (Phi) is 25.2. The minimum atomic E-state index is -3.93. The van der Waals surface area contributed by atoms with Crippen molar-refractivity contribution in [2.45, 2.75) is 150 Å². The summed E-state index contributed by atoms with van der Waals surface area (Å²) in [7, 11) is -6.21. The molecule has 2 aliphatic heterocycles. The topological polar surface area (TPSA) is 231 Å². The zero-order valence-electron chi connectivity index (χ0n) is 50.4. The van der Waals surface area contributed by atoms with E-state index in [0.29, 0.717) is 37.0 Å². The maximum Gasteiger partial charge on any atom is 0.266 e. The molecule has 2 aliphatic rings. The van der Waals surface area contributed by atoms with Crippen molar-refractivity contribution in [2.75, 3.05) is 25.1 Å². The number of amides is 4. The fourth-order valence-electron chi connectivity index (χ4n) is 10.4. The molecule has 23 heteroatoms. The van der Waals surface area contributed by atoms with Gasteiger partial charge in [0, 0.05) is 67.3 Å². The molecule has 5 aromatic carbocycles. The molecule has 1 saturated heterocycles. The van der Waals surface area contributed by atoms with Gasteiger partial charge in [-0.3, -0.25) is 23.6 Å². The summed E-state index contributed by atoms with van der Waals surface area (Å²) in [4.78, 5) is 65.1. The molecular weight excluding hydrogens is 1230 g/mol. The number of aryl methyl sites for hydroxylation is 2. The largest absolute Gasteiger partial charge is 0.497 e. The van der Waals surface area contributed by atoms with Gasteiger partial charge in [-0.15, -0.1) is 11.3 Å². The number of nitrogens with one attached hydrogen (secondary N) is 4. The summed E-state index contributed by atoms with van der Waals surface area (Å²) in [6.07, 6.45) is 7.50. The number of hydrogen-bond donors (Lipinski definition) is 4. The standard InChI is InChI=1S/C23H28ClN3O4S.C21H25N3O4S2.C20H23N3OS.2CH4/c1-15(2)12-21(23(29)25-14-17-4-6-19(24)7-5-17)26-32(30,31)20-8-9-22-18(13-20)10-11-27(22)16(3)28;1-13(2)20(21(25)22-12-15-5-7-16(28-4)8-6-15)24-30(26,27)17-9-10-18-19(11-17)29-14(3)23-18;1-3-16-11-7-8-12-22(16)19(24)18-14(2)23-13-17(21-20(23)25-18)15-9-5-4-6-10-15;;/h4-9,13,15,21,26H,10-12,14H2,1-3H3,(H,25,29);5-11,13,20,24H,12H2,1-4H3,(H,22,25);4-6,9-10,13,16H,3,7-8,11-12H2,1-2H3;2*1H4. The summed E-state index contributed by atoms with van der Waals surface area (Å²) in [5, 5.41) is 7.08. The van der Waals surface area contributed by atoms with E-state index in [4.69, 9.17) is 21.3 Å². The van der Waals surface area contributed by atoms with Crippen LogP contribution in [-0.4, -0.2) is 98.1 Å². The molecule has 478 valence electrons. The number of benzene rings is 5. The molecule has 1 fully saturated rings. The van der Waals surface area contributed by atoms with E-state index in [2.05, 4.69) is 53.4 Å². The number of methoxy groups -OCH3 is 1. The average Bonchev–Trinajstić information content (AvgIpc) is 2.26. The Bertz CT molecular complexity index is 3950. The summed E-state index contributed by atoms with van der Waals surface area (Å²) < 4.78 is 65.1. The van der Waals surface area contributed by atoms with Crippen LogP contribution in [0, 0.1) is 25.7 Å². The number of imidazole rings is 1. The number of rotatable bonds is 19. The number of sulfonamides is 2. The van der Waals surface area contributed by atoms with E-state index in [-0.39, 0.29) is 66.7 Å². The van der Waals surface area contributed by atoms with Crippen molar-refractivity contribution in [3.63, 3.8) is 0 Å². The van der Waals surface area contributed by atoms with Gasteiger partial charge in [0.15, 0.2) is 4.96 Å². The zero-order valence-corrected chi connectivity index (χ0v) is 54.4. The quantitative estimate of drug-likeness (QED) is 0.0595. The van der Waals surface area contributed by atoms with Gasteiger partial charge in [0.2, 0.25) is 37.8 Å². The van der Waals surface area contributed by atoms with Gasteiger partial charge in [-0.05, 0) is 142 Å². The minimum absolute atomic E-state index is 0. The molecule has 18 nitrogen and oxygen atoms in total. The lowest BCUT2D eigenvalue weighted by molar-refractivity contribution is -0.124. The third-order valence-corrected chi connectivity index (χ3v) is 20.4. The Morgan fingerprint density at radius 1 is 0.753 bits per heavy atom. The molecule has 0 radical (unpaired) electrons. The molecule has 0 aliphatic carbocycles. The predicted molar refractivity (Wildman–Crippen MR) is 359 cm³/mol. The first kappa shape index (κ1) is 71.0. The molecule has 4 N–H and O–H groups in total. The molecule has 3 aromatic heterocycles. The number of thiazole rings is 2. The van der Waals surface area contributed by atoms with E-state index in [1.54, 1.807) is 86.5 Å². The number of halogens is 1. The first-order chi connectivity index (χ1) is 41.4. The number of nitrogens with zero attached hydrogens (tertiary/aromatic N) is 5. The summed E-state index contributed by atoms with van der Waals surface area (Å²) in [6, 6.07) is 32.6. The highest BCUT2D eigenvalue weighted by Crippen LogP contribution is 2.33. The van der Waals surface area contributed by atoms with Gasteiger partial charge in [-0.25, -0.2) is 26.8 Å². The second kappa shape index (κ2) is 31.6. The maximum atomic E-state index is 13.1. The van der Waals surface area contributed by atoms with Crippen LogP contribution < -0.4 is 29.7 Å². The van der Waals surface area contributed by atoms with Crippen molar-refractivity contribution in [3.8, 4) is 17.0 Å². The molecular formula is C66H84ClN9O9S4. The molecule has 4 amide bonds. The summed E-state index contributed by atoms with van der Waals surface area (Å²) in [5.74, 6) is -0.0583. The molecule has 0 bridgehead atoms. The fraction of sp³-hybridized carbons (Fsp3) is 0.394. The number of piperidine rings is 1. The molecule has 0 spiro atoms. The second-order valence-corrected chi connectivity index (χ2v) is 28.4. The van der Waals surface area contributed by atoms with Crippen LogP contribution in [0.1, 0.15) is 126 Å². The lowest BCUT2D eigenvalue weighted by Gasteiger charge is -2.35. The lowest BCUT2D eigenvalue weighted by atomic mass is 10.00. The number of likely N-dealkylation sites (tertiary alicyclic amines) is 1. The number of hydrogen-bond acceptors (Lipinski definition) is 13. The molecule has 3 unspecified atom stereocenters. The number of anilines is 1. The van der Waals surface area contributed by atoms with Crippen LogP contribution in [-0.2, 0) is 53.9 Å². The fourth-order valence-corrected chi connectivity index (χ4v) is 15.2. The summed E-state index contributed by atoms with van der Waals surface area (Å²) in [6.45, 7) is 17.0. The smallest absolute Gasteiger partial charge is 0.266 e. The lowest BCUT2D eigenvalue weighted by Crippen LogP contribution is -2.49. The number of carbonyl (C=O) groups is 4. The van der Waals surface area contributed by atoms with Crippen molar-refractivity contribution in [2.24, 2.45) is 11.8 Å². The van der Waals surface area contributed by atoms with Crippen LogP contribution >= 0.6 is 34.3 Å². The van der Waals surface area contributed by atoms with E-state index in [1.807, 2.05) is 64.2 Å². The zero-order chi connectivity index (χ0) is 62.7. The van der Waals surface area contributed by atoms with Crippen molar-refractivity contribution in [1.29, 1.82) is 0 Å². The monoisotopic (exact) mass is 1310 g/mol. The Labute approximate surface area is 538 Å². The summed E-state index contributed by atoms with van der Waals surface area (Å²) >= 11 is 8.83. The van der Waals surface area contributed by atoms with Gasteiger partial charge in [0.1, 0.15) is 22.7 Å². The predicted octanol–water partition coefficient (Wildman–Crippen LogP) is 12.5. The van der Waals surface area contributed by atoms with Gasteiger partial charge in [-0.1, -0.05) is 127 Å². The number of carbonyl (C=O) groups excluding carboxylic acids is 4. The SMILES string of the molecule is C.C.CC(=O)N1CCc2cc(S(=O)(=O)NC(CC(C)C)C(=O)NCc3ccc(Cl)cc3)ccc21.CCC1CCCCN1C(=O)c1sc2nc(-c3ccccc3)cn2c1C.COc1ccc(CNC(=O)C(NS(=O)(=O)c2ccc3nc(C)sc3c2)C(C)C)cc1. The van der Waals surface area contributed by atoms with Crippen LogP contribution in [0.5, 0.6) is 5.75 Å². The molecule has 10 rings (SSSR count). The Hall–Kier alpha value is -7.05.